The van der Waals surface area contributed by atoms with Crippen LogP contribution in [-0.2, 0) is 20.9 Å². The Kier molecular flexibility index (Phi) is 8.72. The van der Waals surface area contributed by atoms with Gasteiger partial charge >= 0.3 is 0 Å². The summed E-state index contributed by atoms with van der Waals surface area (Å²) in [7, 11) is 0. The highest BCUT2D eigenvalue weighted by molar-refractivity contribution is 5.95. The number of anilines is 1. The summed E-state index contributed by atoms with van der Waals surface area (Å²) in [5.41, 5.74) is 7.39. The Morgan fingerprint density at radius 3 is 2.26 bits per heavy atom. The van der Waals surface area contributed by atoms with E-state index in [2.05, 4.69) is 10.6 Å². The van der Waals surface area contributed by atoms with Gasteiger partial charge in [-0.3, -0.25) is 14.4 Å². The highest BCUT2D eigenvalue weighted by Gasteiger charge is 2.30. The maximum Gasteiger partial charge on any atom is 0.243 e. The lowest BCUT2D eigenvalue weighted by atomic mass is 10.1. The third kappa shape index (κ3) is 7.19. The zero-order chi connectivity index (χ0) is 19.3. The monoisotopic (exact) mass is 396 g/mol. The van der Waals surface area contributed by atoms with Crippen molar-refractivity contribution in [2.24, 2.45) is 11.7 Å². The van der Waals surface area contributed by atoms with Crippen molar-refractivity contribution in [2.75, 3.05) is 11.9 Å². The van der Waals surface area contributed by atoms with E-state index in [9.17, 15) is 14.4 Å². The molecule has 0 unspecified atom stereocenters. The predicted octanol–water partition coefficient (Wildman–Crippen LogP) is 1.66. The van der Waals surface area contributed by atoms with Crippen LogP contribution in [0.3, 0.4) is 0 Å². The minimum atomic E-state index is -0.627. The lowest BCUT2D eigenvalue weighted by Crippen LogP contribution is -2.46. The molecule has 0 aromatic heterocycles. The average Bonchev–Trinajstić information content (AvgIpc) is 3.42. The summed E-state index contributed by atoms with van der Waals surface area (Å²) >= 11 is 0. The average molecular weight is 397 g/mol. The number of hydrogen-bond acceptors (Lipinski definition) is 4. The van der Waals surface area contributed by atoms with Crippen molar-refractivity contribution in [3.05, 3.63) is 29.8 Å². The van der Waals surface area contributed by atoms with Gasteiger partial charge in [0.25, 0.3) is 0 Å². The summed E-state index contributed by atoms with van der Waals surface area (Å²) in [6.07, 6.45) is 2.14. The number of rotatable bonds is 8. The van der Waals surface area contributed by atoms with Gasteiger partial charge in [-0.25, -0.2) is 0 Å². The first-order valence-electron chi connectivity index (χ1n) is 8.97. The zero-order valence-corrected chi connectivity index (χ0v) is 16.8. The van der Waals surface area contributed by atoms with Gasteiger partial charge in [0, 0.05) is 25.2 Å². The Bertz CT molecular complexity index is 659. The van der Waals surface area contributed by atoms with Crippen LogP contribution in [0.5, 0.6) is 0 Å². The summed E-state index contributed by atoms with van der Waals surface area (Å²) in [5.74, 6) is -0.559. The molecule has 2 rings (SSSR count). The molecule has 0 aliphatic heterocycles. The Labute approximate surface area is 166 Å². The van der Waals surface area contributed by atoms with E-state index in [4.69, 9.17) is 5.73 Å². The van der Waals surface area contributed by atoms with Gasteiger partial charge in [0.1, 0.15) is 0 Å². The highest BCUT2D eigenvalue weighted by atomic mass is 35.5. The molecule has 8 heteroatoms. The normalized spacial score (nSPS) is 14.1. The summed E-state index contributed by atoms with van der Waals surface area (Å²) in [4.78, 5) is 37.3. The molecule has 1 aromatic carbocycles. The molecule has 1 fully saturated rings. The maximum atomic E-state index is 11.9. The Morgan fingerprint density at radius 1 is 1.19 bits per heavy atom. The first-order chi connectivity index (χ1) is 12.3. The predicted molar refractivity (Wildman–Crippen MR) is 107 cm³/mol. The number of carbonyl (C=O) groups is 3. The quantitative estimate of drug-likeness (QED) is 0.621. The van der Waals surface area contributed by atoms with Crippen molar-refractivity contribution in [3.63, 3.8) is 0 Å². The highest BCUT2D eigenvalue weighted by Crippen LogP contribution is 2.28. The minimum absolute atomic E-state index is 0. The molecular weight excluding hydrogens is 368 g/mol. The van der Waals surface area contributed by atoms with Gasteiger partial charge in [-0.1, -0.05) is 26.0 Å². The van der Waals surface area contributed by atoms with Gasteiger partial charge in [-0.2, -0.15) is 0 Å². The molecule has 150 valence electrons. The van der Waals surface area contributed by atoms with Crippen LogP contribution in [0, 0.1) is 5.92 Å². The van der Waals surface area contributed by atoms with Crippen LogP contribution < -0.4 is 16.4 Å². The summed E-state index contributed by atoms with van der Waals surface area (Å²) in [5, 5.41) is 5.26. The van der Waals surface area contributed by atoms with Crippen molar-refractivity contribution in [1.29, 1.82) is 0 Å². The minimum Gasteiger partial charge on any atom is -0.346 e. The fraction of sp³-hybridized carbons (Fsp3) is 0.526. The van der Waals surface area contributed by atoms with Crippen molar-refractivity contribution >= 4 is 35.8 Å². The summed E-state index contributed by atoms with van der Waals surface area (Å²) < 4.78 is 0. The van der Waals surface area contributed by atoms with Crippen LogP contribution in [0.4, 0.5) is 5.69 Å². The second-order valence-corrected chi connectivity index (χ2v) is 7.11. The molecular formula is C19H29ClN4O3. The molecule has 1 saturated carbocycles. The van der Waals surface area contributed by atoms with Crippen LogP contribution in [0.25, 0.3) is 0 Å². The number of hydrogen-bond donors (Lipinski definition) is 3. The molecule has 0 saturated heterocycles. The number of nitrogens with two attached hydrogens (primary N) is 1. The fourth-order valence-electron chi connectivity index (χ4n) is 2.57. The summed E-state index contributed by atoms with van der Waals surface area (Å²) in [6.45, 7) is 5.75. The molecule has 0 heterocycles. The first kappa shape index (κ1) is 22.9. The van der Waals surface area contributed by atoms with Gasteiger partial charge in [0.05, 0.1) is 12.6 Å². The molecule has 3 amide bonds. The standard InChI is InChI=1S/C19H28N4O3.ClH/c1-12(2)18(20)19(26)21-10-17(25)22-15-6-4-14(5-7-15)11-23(13(3)24)16-8-9-16;/h4-7,12,16,18H,8-11,20H2,1-3H3,(H,21,26)(H,22,25);1H/t18-;/m0./s1. The van der Waals surface area contributed by atoms with Gasteiger partial charge in [0.2, 0.25) is 17.7 Å². The molecule has 7 nitrogen and oxygen atoms in total. The topological polar surface area (TPSA) is 105 Å². The SMILES string of the molecule is CC(=O)N(Cc1ccc(NC(=O)CNC(=O)[C@@H](N)C(C)C)cc1)C1CC1.Cl. The lowest BCUT2D eigenvalue weighted by Gasteiger charge is -2.20. The van der Waals surface area contributed by atoms with Gasteiger partial charge in [-0.15, -0.1) is 12.4 Å². The van der Waals surface area contributed by atoms with Gasteiger partial charge < -0.3 is 21.3 Å². The first-order valence-corrected chi connectivity index (χ1v) is 8.97. The molecule has 0 bridgehead atoms. The molecule has 1 aliphatic rings. The van der Waals surface area contributed by atoms with Crippen LogP contribution in [0.2, 0.25) is 0 Å². The van der Waals surface area contributed by atoms with Crippen molar-refractivity contribution in [3.8, 4) is 0 Å². The van der Waals surface area contributed by atoms with E-state index >= 15 is 0 Å². The second-order valence-electron chi connectivity index (χ2n) is 7.11. The number of nitrogens with zero attached hydrogens (tertiary/aromatic N) is 1. The van der Waals surface area contributed by atoms with Crippen molar-refractivity contribution < 1.29 is 14.4 Å². The number of halogens is 1. The van der Waals surface area contributed by atoms with Crippen molar-refractivity contribution in [2.45, 2.75) is 52.2 Å². The fourth-order valence-corrected chi connectivity index (χ4v) is 2.57. The summed E-state index contributed by atoms with van der Waals surface area (Å²) in [6, 6.07) is 7.10. The van der Waals surface area contributed by atoms with Crippen LogP contribution in [0.15, 0.2) is 24.3 Å². The van der Waals surface area contributed by atoms with E-state index < -0.39 is 6.04 Å². The number of benzene rings is 1. The largest absolute Gasteiger partial charge is 0.346 e. The molecule has 1 aliphatic carbocycles. The van der Waals surface area contributed by atoms with E-state index in [-0.39, 0.29) is 42.6 Å². The molecule has 1 atom stereocenters. The third-order valence-corrected chi connectivity index (χ3v) is 4.43. The number of carbonyl (C=O) groups excluding carboxylic acids is 3. The lowest BCUT2D eigenvalue weighted by molar-refractivity contribution is -0.130. The van der Waals surface area contributed by atoms with Gasteiger partial charge in [-0.05, 0) is 36.5 Å². The molecule has 4 N–H and O–H groups in total. The molecule has 1 aromatic rings. The number of amides is 3. The Balaban J connectivity index is 0.00000364. The Morgan fingerprint density at radius 2 is 1.78 bits per heavy atom. The molecule has 0 spiro atoms. The maximum absolute atomic E-state index is 11.9. The molecule has 0 radical (unpaired) electrons. The van der Waals surface area contributed by atoms with E-state index in [1.165, 1.54) is 0 Å². The van der Waals surface area contributed by atoms with Gasteiger partial charge in [0.15, 0.2) is 0 Å². The van der Waals surface area contributed by atoms with Crippen molar-refractivity contribution in [1.82, 2.24) is 10.2 Å². The molecule has 27 heavy (non-hydrogen) atoms. The smallest absolute Gasteiger partial charge is 0.243 e. The zero-order valence-electron chi connectivity index (χ0n) is 16.0. The van der Waals surface area contributed by atoms with E-state index in [0.717, 1.165) is 18.4 Å². The van der Waals surface area contributed by atoms with E-state index in [0.29, 0.717) is 18.3 Å². The Hall–Kier alpha value is -2.12. The van der Waals surface area contributed by atoms with E-state index in [1.807, 2.05) is 30.9 Å². The van der Waals surface area contributed by atoms with Crippen LogP contribution >= 0.6 is 12.4 Å². The van der Waals surface area contributed by atoms with E-state index in [1.54, 1.807) is 19.1 Å². The van der Waals surface area contributed by atoms with Crippen LogP contribution in [0.1, 0.15) is 39.2 Å². The van der Waals surface area contributed by atoms with Crippen LogP contribution in [-0.4, -0.2) is 41.2 Å². The number of nitrogens with one attached hydrogen (secondary N) is 2. The second kappa shape index (κ2) is 10.3. The third-order valence-electron chi connectivity index (χ3n) is 4.43.